The maximum atomic E-state index is 6.09. The number of morpholine rings is 1. The van der Waals surface area contributed by atoms with Crippen molar-refractivity contribution in [2.45, 2.75) is 70.6 Å². The minimum atomic E-state index is 0.446. The summed E-state index contributed by atoms with van der Waals surface area (Å²) in [4.78, 5) is 2.70. The Labute approximate surface area is 112 Å². The fourth-order valence-corrected chi connectivity index (χ4v) is 3.51. The van der Waals surface area contributed by atoms with Gasteiger partial charge in [0.05, 0.1) is 12.2 Å². The molecule has 3 heteroatoms. The quantitative estimate of drug-likeness (QED) is 0.837. The van der Waals surface area contributed by atoms with Gasteiger partial charge in [0.15, 0.2) is 0 Å². The van der Waals surface area contributed by atoms with Gasteiger partial charge in [-0.05, 0) is 44.6 Å². The van der Waals surface area contributed by atoms with Crippen molar-refractivity contribution in [1.82, 2.24) is 4.90 Å². The van der Waals surface area contributed by atoms with Crippen molar-refractivity contribution >= 4 is 0 Å². The van der Waals surface area contributed by atoms with E-state index in [9.17, 15) is 0 Å². The molecule has 0 spiro atoms. The minimum Gasteiger partial charge on any atom is -0.372 e. The van der Waals surface area contributed by atoms with E-state index in [2.05, 4.69) is 18.7 Å². The number of rotatable bonds is 4. The maximum Gasteiger partial charge on any atom is 0.0703 e. The normalized spacial score (nSPS) is 38.8. The van der Waals surface area contributed by atoms with E-state index in [1.807, 2.05) is 0 Å². The molecule has 2 N–H and O–H groups in total. The van der Waals surface area contributed by atoms with E-state index >= 15 is 0 Å². The van der Waals surface area contributed by atoms with Gasteiger partial charge in [-0.2, -0.15) is 0 Å². The summed E-state index contributed by atoms with van der Waals surface area (Å²) in [6, 6.07) is 0.763. The van der Waals surface area contributed by atoms with E-state index in [4.69, 9.17) is 10.5 Å². The average Bonchev–Trinajstić information content (AvgIpc) is 2.46. The summed E-state index contributed by atoms with van der Waals surface area (Å²) < 4.78 is 6.09. The van der Waals surface area contributed by atoms with Crippen LogP contribution in [0.15, 0.2) is 0 Å². The van der Waals surface area contributed by atoms with Crippen molar-refractivity contribution in [2.75, 3.05) is 19.6 Å². The van der Waals surface area contributed by atoms with Crippen molar-refractivity contribution in [1.29, 1.82) is 0 Å². The maximum absolute atomic E-state index is 6.09. The second kappa shape index (κ2) is 6.88. The van der Waals surface area contributed by atoms with Crippen LogP contribution in [-0.2, 0) is 4.74 Å². The third-order valence-electron chi connectivity index (χ3n) is 4.78. The van der Waals surface area contributed by atoms with Crippen LogP contribution in [0.5, 0.6) is 0 Å². The summed E-state index contributed by atoms with van der Waals surface area (Å²) in [6.45, 7) is 7.62. The molecule has 0 aromatic rings. The van der Waals surface area contributed by atoms with E-state index in [0.717, 1.165) is 44.4 Å². The van der Waals surface area contributed by atoms with Gasteiger partial charge in [0, 0.05) is 19.1 Å². The molecule has 1 heterocycles. The molecule has 1 saturated heterocycles. The van der Waals surface area contributed by atoms with E-state index in [0.29, 0.717) is 12.2 Å². The number of hydrogen-bond donors (Lipinski definition) is 1. The number of nitrogens with zero attached hydrogens (tertiary/aromatic N) is 1. The Bertz CT molecular complexity index is 235. The lowest BCUT2D eigenvalue weighted by molar-refractivity contribution is -0.103. The van der Waals surface area contributed by atoms with Gasteiger partial charge in [-0.1, -0.05) is 20.3 Å². The summed E-state index contributed by atoms with van der Waals surface area (Å²) in [5.41, 5.74) is 5.86. The molecule has 0 amide bonds. The Morgan fingerprint density at radius 3 is 2.33 bits per heavy atom. The number of hydrogen-bond acceptors (Lipinski definition) is 3. The third kappa shape index (κ3) is 3.46. The van der Waals surface area contributed by atoms with Gasteiger partial charge in [0.2, 0.25) is 0 Å². The molecule has 4 atom stereocenters. The lowest BCUT2D eigenvalue weighted by Crippen LogP contribution is -2.52. The first-order valence-electron chi connectivity index (χ1n) is 7.86. The fraction of sp³-hybridized carbons (Fsp3) is 1.00. The zero-order chi connectivity index (χ0) is 13.0. The third-order valence-corrected chi connectivity index (χ3v) is 4.78. The summed E-state index contributed by atoms with van der Waals surface area (Å²) >= 11 is 0. The van der Waals surface area contributed by atoms with Crippen LogP contribution < -0.4 is 5.73 Å². The summed E-state index contributed by atoms with van der Waals surface area (Å²) in [7, 11) is 0. The SMILES string of the molecule is CCC1CN(C2CCCC(CN)C2)CC(CC)O1. The molecular weight excluding hydrogens is 224 g/mol. The summed E-state index contributed by atoms with van der Waals surface area (Å²) in [5, 5.41) is 0. The van der Waals surface area contributed by atoms with Gasteiger partial charge in [-0.15, -0.1) is 0 Å². The van der Waals surface area contributed by atoms with Crippen LogP contribution in [0.4, 0.5) is 0 Å². The molecular formula is C15H30N2O. The highest BCUT2D eigenvalue weighted by Gasteiger charge is 2.32. The Morgan fingerprint density at radius 1 is 1.11 bits per heavy atom. The monoisotopic (exact) mass is 254 g/mol. The molecule has 4 unspecified atom stereocenters. The first-order valence-corrected chi connectivity index (χ1v) is 7.86. The van der Waals surface area contributed by atoms with Crippen molar-refractivity contribution < 1.29 is 4.74 Å². The van der Waals surface area contributed by atoms with Gasteiger partial charge in [-0.3, -0.25) is 4.90 Å². The Balaban J connectivity index is 1.93. The predicted molar refractivity (Wildman–Crippen MR) is 75.6 cm³/mol. The second-order valence-corrected chi connectivity index (χ2v) is 6.07. The molecule has 18 heavy (non-hydrogen) atoms. The van der Waals surface area contributed by atoms with Gasteiger partial charge >= 0.3 is 0 Å². The van der Waals surface area contributed by atoms with Crippen LogP contribution in [0.1, 0.15) is 52.4 Å². The summed E-state index contributed by atoms with van der Waals surface area (Å²) in [6.07, 6.45) is 8.54. The van der Waals surface area contributed by atoms with Crippen LogP contribution >= 0.6 is 0 Å². The van der Waals surface area contributed by atoms with Crippen molar-refractivity contribution in [2.24, 2.45) is 11.7 Å². The smallest absolute Gasteiger partial charge is 0.0703 e. The highest BCUT2D eigenvalue weighted by atomic mass is 16.5. The van der Waals surface area contributed by atoms with Gasteiger partial charge in [0.1, 0.15) is 0 Å². The van der Waals surface area contributed by atoms with E-state index in [1.54, 1.807) is 0 Å². The predicted octanol–water partition coefficient (Wildman–Crippen LogP) is 2.39. The molecule has 1 aliphatic carbocycles. The van der Waals surface area contributed by atoms with Crippen LogP contribution in [0, 0.1) is 5.92 Å². The van der Waals surface area contributed by atoms with Gasteiger partial charge in [-0.25, -0.2) is 0 Å². The van der Waals surface area contributed by atoms with Crippen molar-refractivity contribution in [3.8, 4) is 0 Å². The molecule has 2 rings (SSSR count). The van der Waals surface area contributed by atoms with Gasteiger partial charge in [0.25, 0.3) is 0 Å². The first-order chi connectivity index (χ1) is 8.76. The zero-order valence-corrected chi connectivity index (χ0v) is 12.1. The second-order valence-electron chi connectivity index (χ2n) is 6.07. The fourth-order valence-electron chi connectivity index (χ4n) is 3.51. The lowest BCUT2D eigenvalue weighted by Gasteiger charge is -2.44. The lowest BCUT2D eigenvalue weighted by atomic mass is 9.84. The molecule has 1 aliphatic heterocycles. The molecule has 3 nitrogen and oxygen atoms in total. The summed E-state index contributed by atoms with van der Waals surface area (Å²) in [5.74, 6) is 0.756. The molecule has 1 saturated carbocycles. The highest BCUT2D eigenvalue weighted by molar-refractivity contribution is 4.86. The van der Waals surface area contributed by atoms with E-state index in [1.165, 1.54) is 25.7 Å². The highest BCUT2D eigenvalue weighted by Crippen LogP contribution is 2.29. The van der Waals surface area contributed by atoms with E-state index < -0.39 is 0 Å². The van der Waals surface area contributed by atoms with Crippen molar-refractivity contribution in [3.63, 3.8) is 0 Å². The van der Waals surface area contributed by atoms with Gasteiger partial charge < -0.3 is 10.5 Å². The molecule has 0 bridgehead atoms. The number of nitrogens with two attached hydrogens (primary N) is 1. The van der Waals surface area contributed by atoms with Crippen LogP contribution in [0.3, 0.4) is 0 Å². The molecule has 0 radical (unpaired) electrons. The standard InChI is InChI=1S/C15H30N2O/c1-3-14-10-17(11-15(4-2)18-14)13-7-5-6-12(8-13)9-16/h12-15H,3-11,16H2,1-2H3. The van der Waals surface area contributed by atoms with Crippen LogP contribution in [-0.4, -0.2) is 42.8 Å². The molecule has 0 aromatic heterocycles. The number of ether oxygens (including phenoxy) is 1. The van der Waals surface area contributed by atoms with E-state index in [-0.39, 0.29) is 0 Å². The van der Waals surface area contributed by atoms with Crippen LogP contribution in [0.25, 0.3) is 0 Å². The molecule has 0 aromatic carbocycles. The topological polar surface area (TPSA) is 38.5 Å². The van der Waals surface area contributed by atoms with Crippen molar-refractivity contribution in [3.05, 3.63) is 0 Å². The minimum absolute atomic E-state index is 0.446. The Kier molecular flexibility index (Phi) is 5.46. The Morgan fingerprint density at radius 2 is 1.78 bits per heavy atom. The largest absolute Gasteiger partial charge is 0.372 e. The molecule has 106 valence electrons. The first kappa shape index (κ1) is 14.3. The molecule has 2 aliphatic rings. The Hall–Kier alpha value is -0.120. The zero-order valence-electron chi connectivity index (χ0n) is 12.1. The average molecular weight is 254 g/mol. The van der Waals surface area contributed by atoms with Crippen LogP contribution in [0.2, 0.25) is 0 Å². The molecule has 2 fully saturated rings.